The third-order valence-corrected chi connectivity index (χ3v) is 16.6. The van der Waals surface area contributed by atoms with E-state index in [1.165, 1.54) is 16.3 Å². The fraction of sp³-hybridized carbons (Fsp3) is 0.326. The zero-order chi connectivity index (χ0) is 39.4. The number of carbonyl (C=O) groups is 1. The molecule has 0 radical (unpaired) electrons. The summed E-state index contributed by atoms with van der Waals surface area (Å²) in [5, 5.41) is 13.5. The third kappa shape index (κ3) is 8.43. The average Bonchev–Trinajstić information content (AvgIpc) is 3.48. The first-order valence-corrected chi connectivity index (χ1v) is 22.1. The van der Waals surface area contributed by atoms with Crippen LogP contribution in [0.15, 0.2) is 126 Å². The molecule has 1 fully saturated rings. The highest BCUT2D eigenvalue weighted by Gasteiger charge is 2.51. The van der Waals surface area contributed by atoms with Gasteiger partial charge in [0.05, 0.1) is 32.2 Å². The van der Waals surface area contributed by atoms with Gasteiger partial charge >= 0.3 is 5.69 Å². The van der Waals surface area contributed by atoms with Crippen LogP contribution in [0.1, 0.15) is 53.2 Å². The van der Waals surface area contributed by atoms with Crippen LogP contribution in [-0.2, 0) is 14.8 Å². The van der Waals surface area contributed by atoms with Gasteiger partial charge in [0.25, 0.3) is 5.91 Å². The highest BCUT2D eigenvalue weighted by atomic mass is 32.2. The number of nitrogens with one attached hydrogen (secondary N) is 1. The van der Waals surface area contributed by atoms with Gasteiger partial charge in [0.2, 0.25) is 0 Å². The normalized spacial score (nSPS) is 18.8. The lowest BCUT2D eigenvalue weighted by molar-refractivity contribution is -0.0231. The SMILES string of the molecule is COc1ccc(C(OC[C@H]2S[C@@H](n3ccc(NC(=O)c4ccccc4)nc3=O)[C@H](O)[C@@H]2O[Si](C)(C)C(C)(C)C)(c2ccccc2)c2ccc(OC)cc2)cc1. The molecule has 1 saturated heterocycles. The van der Waals surface area contributed by atoms with Crippen molar-refractivity contribution < 1.29 is 28.5 Å². The fourth-order valence-corrected chi connectivity index (χ4v) is 9.40. The number of aliphatic hydroxyl groups excluding tert-OH is 1. The summed E-state index contributed by atoms with van der Waals surface area (Å²) >= 11 is 1.42. The van der Waals surface area contributed by atoms with Crippen molar-refractivity contribution in [1.29, 1.82) is 0 Å². The van der Waals surface area contributed by atoms with E-state index in [0.29, 0.717) is 17.1 Å². The van der Waals surface area contributed by atoms with Crippen LogP contribution in [0, 0.1) is 0 Å². The molecule has 0 unspecified atom stereocenters. The van der Waals surface area contributed by atoms with E-state index in [0.717, 1.165) is 16.7 Å². The molecule has 4 aromatic carbocycles. The Labute approximate surface area is 328 Å². The number of anilines is 1. The molecule has 0 bridgehead atoms. The van der Waals surface area contributed by atoms with Crippen LogP contribution in [0.4, 0.5) is 5.82 Å². The van der Waals surface area contributed by atoms with Crippen molar-refractivity contribution in [2.75, 3.05) is 26.1 Å². The number of aliphatic hydroxyl groups is 1. The molecule has 55 heavy (non-hydrogen) atoms. The van der Waals surface area contributed by atoms with Crippen LogP contribution in [0.5, 0.6) is 11.5 Å². The second-order valence-electron chi connectivity index (χ2n) is 15.0. The standard InChI is InChI=1S/C43H49N3O7SSi/c1-42(2,3)55(6,7)53-38-35(54-40(37(38)47)46-27-26-36(45-41(46)49)44-39(48)29-14-10-8-11-15-29)28-52-43(30-16-12-9-13-17-30,31-18-22-33(50-4)23-19-31)32-20-24-34(51-5)25-21-32/h8-27,35,37-38,40,47H,28H2,1-7H3,(H,44,45,48,49)/t35-,37-,38-,40-/m1/s1. The largest absolute Gasteiger partial charge is 0.497 e. The molecular formula is C43H49N3O7SSi. The third-order valence-electron chi connectivity index (χ3n) is 10.6. The minimum Gasteiger partial charge on any atom is -0.497 e. The summed E-state index contributed by atoms with van der Waals surface area (Å²) < 4.78 is 26.7. The zero-order valence-electron chi connectivity index (χ0n) is 32.3. The predicted molar refractivity (Wildman–Crippen MR) is 220 cm³/mol. The highest BCUT2D eigenvalue weighted by Crippen LogP contribution is 2.49. The topological polar surface area (TPSA) is 121 Å². The molecule has 0 spiro atoms. The number of rotatable bonds is 13. The maximum Gasteiger partial charge on any atom is 0.350 e. The molecule has 1 aromatic heterocycles. The van der Waals surface area contributed by atoms with Crippen molar-refractivity contribution in [3.8, 4) is 11.5 Å². The molecule has 10 nitrogen and oxygen atoms in total. The molecule has 2 N–H and O–H groups in total. The van der Waals surface area contributed by atoms with Gasteiger partial charge < -0.3 is 29.1 Å². The molecule has 1 aliphatic heterocycles. The summed E-state index contributed by atoms with van der Waals surface area (Å²) in [5.41, 5.74) is 1.40. The lowest BCUT2D eigenvalue weighted by Crippen LogP contribution is -2.50. The van der Waals surface area contributed by atoms with E-state index in [1.807, 2.05) is 84.9 Å². The Balaban J connectivity index is 1.39. The summed E-state index contributed by atoms with van der Waals surface area (Å²) in [6.45, 7) is 10.9. The number of hydrogen-bond acceptors (Lipinski definition) is 9. The van der Waals surface area contributed by atoms with E-state index in [-0.39, 0.29) is 23.4 Å². The Morgan fingerprint density at radius 2 is 1.35 bits per heavy atom. The predicted octanol–water partition coefficient (Wildman–Crippen LogP) is 7.89. The summed E-state index contributed by atoms with van der Waals surface area (Å²) in [6.07, 6.45) is -0.197. The Bertz CT molecular complexity index is 2060. The van der Waals surface area contributed by atoms with Crippen LogP contribution in [0.2, 0.25) is 18.1 Å². The maximum atomic E-state index is 13.6. The lowest BCUT2D eigenvalue weighted by Gasteiger charge is -2.41. The summed E-state index contributed by atoms with van der Waals surface area (Å²) in [5.74, 6) is 1.17. The number of methoxy groups -OCH3 is 2. The summed E-state index contributed by atoms with van der Waals surface area (Å²) in [4.78, 5) is 30.6. The Morgan fingerprint density at radius 3 is 1.85 bits per heavy atom. The maximum absolute atomic E-state index is 13.6. The van der Waals surface area contributed by atoms with Gasteiger partial charge in [-0.2, -0.15) is 4.98 Å². The minimum absolute atomic E-state index is 0.119. The molecule has 0 saturated carbocycles. The number of hydrogen-bond donors (Lipinski definition) is 2. The first-order chi connectivity index (χ1) is 26.3. The lowest BCUT2D eigenvalue weighted by atomic mass is 9.80. The van der Waals surface area contributed by atoms with Gasteiger partial charge in [0, 0.05) is 11.8 Å². The average molecular weight is 780 g/mol. The molecule has 5 aromatic rings. The molecule has 4 atom stereocenters. The van der Waals surface area contributed by atoms with Crippen molar-refractivity contribution in [3.05, 3.63) is 154 Å². The van der Waals surface area contributed by atoms with E-state index in [9.17, 15) is 14.7 Å². The first kappa shape index (κ1) is 40.0. The zero-order valence-corrected chi connectivity index (χ0v) is 34.1. The number of thioether (sulfide) groups is 1. The summed E-state index contributed by atoms with van der Waals surface area (Å²) in [7, 11) is 0.818. The van der Waals surface area contributed by atoms with Gasteiger partial charge in [0.15, 0.2) is 8.32 Å². The van der Waals surface area contributed by atoms with E-state index in [1.54, 1.807) is 50.7 Å². The number of ether oxygens (including phenoxy) is 3. The van der Waals surface area contributed by atoms with Crippen molar-refractivity contribution in [2.45, 2.75) is 67.3 Å². The highest BCUT2D eigenvalue weighted by molar-refractivity contribution is 8.00. The molecule has 12 heteroatoms. The van der Waals surface area contributed by atoms with E-state index < -0.39 is 42.4 Å². The molecule has 1 aliphatic rings. The Morgan fingerprint density at radius 1 is 0.818 bits per heavy atom. The number of nitrogens with zero attached hydrogens (tertiary/aromatic N) is 2. The first-order valence-electron chi connectivity index (χ1n) is 18.2. The van der Waals surface area contributed by atoms with Crippen LogP contribution in [0.3, 0.4) is 0 Å². The van der Waals surface area contributed by atoms with E-state index >= 15 is 0 Å². The van der Waals surface area contributed by atoms with Gasteiger partial charge in [-0.3, -0.25) is 9.36 Å². The van der Waals surface area contributed by atoms with Crippen molar-refractivity contribution in [2.24, 2.45) is 0 Å². The molecule has 2 heterocycles. The number of amides is 1. The second-order valence-corrected chi connectivity index (χ2v) is 21.2. The molecule has 1 amide bonds. The molecule has 288 valence electrons. The summed E-state index contributed by atoms with van der Waals surface area (Å²) in [6, 6.07) is 36.0. The number of carbonyl (C=O) groups excluding carboxylic acids is 1. The smallest absolute Gasteiger partial charge is 0.350 e. The van der Waals surface area contributed by atoms with Crippen LogP contribution < -0.4 is 20.5 Å². The van der Waals surface area contributed by atoms with Gasteiger partial charge in [-0.15, -0.1) is 11.8 Å². The number of benzene rings is 4. The van der Waals surface area contributed by atoms with Gasteiger partial charge in [-0.05, 0) is 77.3 Å². The van der Waals surface area contributed by atoms with Crippen molar-refractivity contribution in [1.82, 2.24) is 9.55 Å². The quantitative estimate of drug-likeness (QED) is 0.0908. The second kappa shape index (κ2) is 16.6. The van der Waals surface area contributed by atoms with Crippen molar-refractivity contribution >= 4 is 31.8 Å². The molecular weight excluding hydrogens is 731 g/mol. The molecule has 6 rings (SSSR count). The van der Waals surface area contributed by atoms with E-state index in [4.69, 9.17) is 18.6 Å². The van der Waals surface area contributed by atoms with Crippen molar-refractivity contribution in [3.63, 3.8) is 0 Å². The van der Waals surface area contributed by atoms with Crippen LogP contribution >= 0.6 is 11.8 Å². The number of aromatic nitrogens is 2. The fourth-order valence-electron chi connectivity index (χ4n) is 6.48. The van der Waals surface area contributed by atoms with Crippen LogP contribution in [-0.4, -0.2) is 67.2 Å². The Hall–Kier alpha value is -4.72. The minimum atomic E-state index is -2.45. The van der Waals surface area contributed by atoms with Gasteiger partial charge in [-0.25, -0.2) is 4.79 Å². The molecule has 0 aliphatic carbocycles. The van der Waals surface area contributed by atoms with Crippen LogP contribution in [0.25, 0.3) is 0 Å². The van der Waals surface area contributed by atoms with Gasteiger partial charge in [-0.1, -0.05) is 93.6 Å². The van der Waals surface area contributed by atoms with Gasteiger partial charge in [0.1, 0.15) is 34.4 Å². The monoisotopic (exact) mass is 779 g/mol. The van der Waals surface area contributed by atoms with E-state index in [2.05, 4.69) is 44.2 Å². The Kier molecular flexibility index (Phi) is 12.0.